The fraction of sp³-hybridized carbons (Fsp3) is 0.412. The van der Waals surface area contributed by atoms with Crippen LogP contribution in [0.25, 0.3) is 0 Å². The third kappa shape index (κ3) is 7.99. The Morgan fingerprint density at radius 1 is 1.07 bits per heavy atom. The number of nitrogens with one attached hydrogen (secondary N) is 3. The number of benzene rings is 1. The van der Waals surface area contributed by atoms with E-state index in [1.165, 1.54) is 14.2 Å². The molecule has 0 aliphatic rings. The Morgan fingerprint density at radius 2 is 1.70 bits per heavy atom. The van der Waals surface area contributed by atoms with Crippen LogP contribution in [0.5, 0.6) is 0 Å². The van der Waals surface area contributed by atoms with Crippen LogP contribution in [-0.2, 0) is 14.3 Å². The minimum absolute atomic E-state index is 0.191. The molecule has 0 saturated carbocycles. The highest BCUT2D eigenvalue weighted by Gasteiger charge is 2.13. The second-order valence-corrected chi connectivity index (χ2v) is 6.29. The number of rotatable bonds is 6. The molecule has 148 valence electrons. The predicted octanol–water partition coefficient (Wildman–Crippen LogP) is 3.24. The number of methoxy groups -OCH3 is 2. The van der Waals surface area contributed by atoms with Crippen LogP contribution in [0.1, 0.15) is 26.7 Å². The van der Waals surface area contributed by atoms with Gasteiger partial charge < -0.3 is 14.8 Å². The summed E-state index contributed by atoms with van der Waals surface area (Å²) in [5.74, 6) is 0.527. The van der Waals surface area contributed by atoms with Crippen LogP contribution in [0.15, 0.2) is 28.1 Å². The maximum Gasteiger partial charge on any atom is 0.413 e. The fourth-order valence-electron chi connectivity index (χ4n) is 1.76. The summed E-state index contributed by atoms with van der Waals surface area (Å²) in [5.41, 5.74) is 0.805. The molecule has 0 aromatic heterocycles. The number of hydrogen-bond acceptors (Lipinski definition) is 7. The van der Waals surface area contributed by atoms with Gasteiger partial charge in [-0.3, -0.25) is 15.4 Å². The lowest BCUT2D eigenvalue weighted by molar-refractivity contribution is -0.115. The molecule has 10 heteroatoms. The van der Waals surface area contributed by atoms with Crippen molar-refractivity contribution in [2.75, 3.05) is 25.3 Å². The van der Waals surface area contributed by atoms with Crippen LogP contribution < -0.4 is 16.0 Å². The number of hydrogen-bond donors (Lipinski definition) is 3. The quantitative estimate of drug-likeness (QED) is 0.386. The van der Waals surface area contributed by atoms with Crippen LogP contribution in [0.3, 0.4) is 0 Å². The van der Waals surface area contributed by atoms with Gasteiger partial charge in [0.1, 0.15) is 0 Å². The zero-order chi connectivity index (χ0) is 20.2. The summed E-state index contributed by atoms with van der Waals surface area (Å²) in [4.78, 5) is 40.0. The van der Waals surface area contributed by atoms with Crippen molar-refractivity contribution >= 4 is 47.2 Å². The average molecular weight is 396 g/mol. The Kier molecular flexibility index (Phi) is 9.73. The van der Waals surface area contributed by atoms with Crippen LogP contribution in [0.4, 0.5) is 21.0 Å². The summed E-state index contributed by atoms with van der Waals surface area (Å²) >= 11 is 1.63. The van der Waals surface area contributed by atoms with E-state index in [-0.39, 0.29) is 11.9 Å². The molecule has 0 radical (unpaired) electrons. The lowest BCUT2D eigenvalue weighted by Crippen LogP contribution is -2.43. The lowest BCUT2D eigenvalue weighted by atomic mass is 10.2. The lowest BCUT2D eigenvalue weighted by Gasteiger charge is -2.12. The van der Waals surface area contributed by atoms with E-state index in [2.05, 4.69) is 37.3 Å². The van der Waals surface area contributed by atoms with E-state index in [9.17, 15) is 14.4 Å². The van der Waals surface area contributed by atoms with E-state index in [0.29, 0.717) is 17.8 Å². The number of carbonyl (C=O) groups excluding carboxylic acids is 3. The van der Waals surface area contributed by atoms with Gasteiger partial charge in [-0.25, -0.2) is 14.6 Å². The molecule has 3 amide bonds. The van der Waals surface area contributed by atoms with Crippen molar-refractivity contribution in [2.24, 2.45) is 4.99 Å². The Bertz CT molecular complexity index is 689. The highest BCUT2D eigenvalue weighted by Crippen LogP contribution is 2.31. The topological polar surface area (TPSA) is 118 Å². The fourth-order valence-corrected chi connectivity index (χ4v) is 2.56. The Labute approximate surface area is 162 Å². The van der Waals surface area contributed by atoms with E-state index >= 15 is 0 Å². The standard InChI is InChI=1S/C17H24N4O5S/c1-5-9-27-11-7-8-12(18-14(22)6-2)13(10-11)19-15(20-16(23)25-3)21-17(24)26-4/h7-8,10H,5-6,9H2,1-4H3,(H,18,22)(H2,19,20,21,23,24). The molecule has 0 saturated heterocycles. The second kappa shape index (κ2) is 11.8. The average Bonchev–Trinajstić information content (AvgIpc) is 2.67. The molecule has 0 aliphatic carbocycles. The molecule has 1 aromatic rings. The van der Waals surface area contributed by atoms with Gasteiger partial charge in [-0.05, 0) is 30.4 Å². The van der Waals surface area contributed by atoms with E-state index in [0.717, 1.165) is 17.1 Å². The first kappa shape index (κ1) is 22.3. The molecular weight excluding hydrogens is 372 g/mol. The van der Waals surface area contributed by atoms with Gasteiger partial charge in [-0.1, -0.05) is 13.8 Å². The van der Waals surface area contributed by atoms with Gasteiger partial charge in [-0.15, -0.1) is 11.8 Å². The minimum Gasteiger partial charge on any atom is -0.453 e. The van der Waals surface area contributed by atoms with Crippen LogP contribution in [0, 0.1) is 0 Å². The number of aliphatic imine (C=N–C) groups is 1. The summed E-state index contributed by atoms with van der Waals surface area (Å²) in [6.45, 7) is 3.80. The highest BCUT2D eigenvalue weighted by molar-refractivity contribution is 7.99. The largest absolute Gasteiger partial charge is 0.453 e. The Hall–Kier alpha value is -2.75. The number of alkyl carbamates (subject to hydrolysis) is 2. The molecule has 0 atom stereocenters. The molecule has 9 nitrogen and oxygen atoms in total. The van der Waals surface area contributed by atoms with E-state index in [1.54, 1.807) is 30.8 Å². The summed E-state index contributed by atoms with van der Waals surface area (Å²) in [5, 5.41) is 7.33. The molecule has 0 fully saturated rings. The van der Waals surface area contributed by atoms with Gasteiger partial charge in [0.2, 0.25) is 11.9 Å². The van der Waals surface area contributed by atoms with Gasteiger partial charge >= 0.3 is 12.2 Å². The minimum atomic E-state index is -0.819. The van der Waals surface area contributed by atoms with Crippen molar-refractivity contribution in [2.45, 2.75) is 31.6 Å². The maximum absolute atomic E-state index is 11.8. The van der Waals surface area contributed by atoms with Crippen molar-refractivity contribution in [1.82, 2.24) is 10.6 Å². The van der Waals surface area contributed by atoms with Crippen LogP contribution in [0.2, 0.25) is 0 Å². The van der Waals surface area contributed by atoms with Crippen molar-refractivity contribution in [3.05, 3.63) is 18.2 Å². The zero-order valence-corrected chi connectivity index (χ0v) is 16.6. The van der Waals surface area contributed by atoms with Crippen molar-refractivity contribution in [1.29, 1.82) is 0 Å². The second-order valence-electron chi connectivity index (χ2n) is 5.12. The Morgan fingerprint density at radius 3 is 2.22 bits per heavy atom. The summed E-state index contributed by atoms with van der Waals surface area (Å²) in [6.07, 6.45) is -0.346. The molecule has 0 unspecified atom stereocenters. The van der Waals surface area contributed by atoms with Crippen LogP contribution >= 0.6 is 11.8 Å². The first-order valence-corrected chi connectivity index (χ1v) is 9.27. The van der Waals surface area contributed by atoms with Crippen molar-refractivity contribution in [3.63, 3.8) is 0 Å². The Balaban J connectivity index is 3.29. The van der Waals surface area contributed by atoms with Crippen LogP contribution in [-0.4, -0.2) is 44.0 Å². The van der Waals surface area contributed by atoms with Gasteiger partial charge in [-0.2, -0.15) is 0 Å². The maximum atomic E-state index is 11.8. The third-order valence-corrected chi connectivity index (χ3v) is 4.28. The molecular formula is C17H24N4O5S. The first-order valence-electron chi connectivity index (χ1n) is 8.28. The zero-order valence-electron chi connectivity index (χ0n) is 15.8. The molecule has 0 aliphatic heterocycles. The molecule has 1 rings (SSSR count). The number of guanidine groups is 1. The van der Waals surface area contributed by atoms with Gasteiger partial charge in [0, 0.05) is 11.3 Å². The number of nitrogens with zero attached hydrogens (tertiary/aromatic N) is 1. The number of amides is 3. The molecule has 3 N–H and O–H groups in total. The van der Waals surface area contributed by atoms with Crippen molar-refractivity contribution in [3.8, 4) is 0 Å². The smallest absolute Gasteiger partial charge is 0.413 e. The summed E-state index contributed by atoms with van der Waals surface area (Å²) in [7, 11) is 2.36. The van der Waals surface area contributed by atoms with E-state index in [1.807, 2.05) is 6.07 Å². The third-order valence-electron chi connectivity index (χ3n) is 3.08. The number of anilines is 1. The predicted molar refractivity (Wildman–Crippen MR) is 105 cm³/mol. The highest BCUT2D eigenvalue weighted by atomic mass is 32.2. The van der Waals surface area contributed by atoms with Gasteiger partial charge in [0.05, 0.1) is 25.6 Å². The molecule has 27 heavy (non-hydrogen) atoms. The van der Waals surface area contributed by atoms with Crippen molar-refractivity contribution < 1.29 is 23.9 Å². The molecule has 0 bridgehead atoms. The normalized spacial score (nSPS) is 9.78. The van der Waals surface area contributed by atoms with Gasteiger partial charge in [0.15, 0.2) is 0 Å². The van der Waals surface area contributed by atoms with E-state index in [4.69, 9.17) is 0 Å². The number of ether oxygens (including phenoxy) is 2. The number of carbonyl (C=O) groups is 3. The molecule has 0 spiro atoms. The SMILES string of the molecule is CCCSc1ccc(NC(=O)CC)c(N=C(NC(=O)OC)NC(=O)OC)c1. The summed E-state index contributed by atoms with van der Waals surface area (Å²) < 4.78 is 9.05. The molecule has 1 aromatic carbocycles. The van der Waals surface area contributed by atoms with Gasteiger partial charge in [0.25, 0.3) is 0 Å². The first-order chi connectivity index (χ1) is 12.9. The van der Waals surface area contributed by atoms with E-state index < -0.39 is 12.2 Å². The number of thioether (sulfide) groups is 1. The molecule has 0 heterocycles. The monoisotopic (exact) mass is 396 g/mol. The summed E-state index contributed by atoms with van der Waals surface area (Å²) in [6, 6.07) is 5.34.